The number of H-pyrrole nitrogens is 2. The minimum Gasteiger partial charge on any atom is -0.453 e. The number of carbonyl (C=O) groups excluding carboxylic acids is 3. The highest BCUT2D eigenvalue weighted by Crippen LogP contribution is 2.42. The van der Waals surface area contributed by atoms with Crippen LogP contribution in [-0.4, -0.2) is 88.2 Å². The van der Waals surface area contributed by atoms with Gasteiger partial charge < -0.3 is 40.7 Å². The van der Waals surface area contributed by atoms with E-state index in [0.29, 0.717) is 24.0 Å². The van der Waals surface area contributed by atoms with Gasteiger partial charge in [0.05, 0.1) is 48.9 Å². The van der Waals surface area contributed by atoms with Crippen LogP contribution in [0.15, 0.2) is 48.5 Å². The average Bonchev–Trinajstić information content (AvgIpc) is 3.88. The fourth-order valence-corrected chi connectivity index (χ4v) is 7.48. The summed E-state index contributed by atoms with van der Waals surface area (Å²) in [5.41, 5.74) is 10.7. The van der Waals surface area contributed by atoms with Crippen molar-refractivity contribution in [3.63, 3.8) is 0 Å². The molecule has 0 aliphatic carbocycles. The number of nitrogens with zero attached hydrogens (tertiary/aromatic N) is 3. The summed E-state index contributed by atoms with van der Waals surface area (Å²) >= 11 is 0. The zero-order valence-corrected chi connectivity index (χ0v) is 32.0. The molecule has 3 amide bonds. The number of benzene rings is 3. The standard InChI is InChI=1S/C40H50F2N8O5/c1-21(2)30(47-38(52)54-5)18-26(8-7-15-43)35-45-29-14-11-25-16-23(9-12-27(25)34(29)48-35)24-10-13-28-31(17-24)46-36(44-28)32-19-40(41,42)20-50(32)37(51)33(22(3)4)49-39(53)55-6/h9-14,16-17,21-22,26,30,32-33H,7-8,15,18-20,43H2,1-6H3,(H,44,46)(H,45,48)(H,47,52)(H,49,53)/t26-,30-,32+,33+/m1/s1. The van der Waals surface area contributed by atoms with Crippen LogP contribution in [0.4, 0.5) is 18.4 Å². The van der Waals surface area contributed by atoms with Gasteiger partial charge in [0, 0.05) is 23.8 Å². The second kappa shape index (κ2) is 16.2. The third-order valence-electron chi connectivity index (χ3n) is 10.6. The van der Waals surface area contributed by atoms with Crippen LogP contribution in [0.25, 0.3) is 44.0 Å². The van der Waals surface area contributed by atoms with Crippen LogP contribution in [0.5, 0.6) is 0 Å². The van der Waals surface area contributed by atoms with E-state index in [4.69, 9.17) is 15.5 Å². The van der Waals surface area contributed by atoms with Gasteiger partial charge in [0.25, 0.3) is 5.92 Å². The maximum absolute atomic E-state index is 14.9. The molecule has 1 saturated heterocycles. The van der Waals surface area contributed by atoms with E-state index in [-0.39, 0.29) is 29.6 Å². The Kier molecular flexibility index (Phi) is 11.6. The Labute approximate surface area is 318 Å². The predicted molar refractivity (Wildman–Crippen MR) is 207 cm³/mol. The maximum Gasteiger partial charge on any atom is 0.407 e. The number of nitrogens with two attached hydrogens (primary N) is 1. The van der Waals surface area contributed by atoms with Crippen LogP contribution in [0.1, 0.15) is 77.0 Å². The Hall–Kier alpha value is -5.31. The maximum atomic E-state index is 14.9. The van der Waals surface area contributed by atoms with Crippen LogP contribution in [-0.2, 0) is 14.3 Å². The molecule has 0 unspecified atom stereocenters. The van der Waals surface area contributed by atoms with Crippen molar-refractivity contribution in [3.8, 4) is 11.1 Å². The largest absolute Gasteiger partial charge is 0.453 e. The Morgan fingerprint density at radius 3 is 2.33 bits per heavy atom. The summed E-state index contributed by atoms with van der Waals surface area (Å²) in [7, 11) is 2.54. The van der Waals surface area contributed by atoms with Gasteiger partial charge in [-0.05, 0) is 78.4 Å². The van der Waals surface area contributed by atoms with Crippen LogP contribution < -0.4 is 16.4 Å². The number of hydrogen-bond donors (Lipinski definition) is 5. The van der Waals surface area contributed by atoms with Crippen molar-refractivity contribution in [3.05, 3.63) is 60.2 Å². The summed E-state index contributed by atoms with van der Waals surface area (Å²) in [5, 5.41) is 7.44. The third kappa shape index (κ3) is 8.51. The molecule has 1 fully saturated rings. The smallest absolute Gasteiger partial charge is 0.407 e. The minimum absolute atomic E-state index is 0.0367. The van der Waals surface area contributed by atoms with Gasteiger partial charge in [-0.3, -0.25) is 4.79 Å². The summed E-state index contributed by atoms with van der Waals surface area (Å²) in [6.07, 6.45) is 0.427. The normalized spacial score (nSPS) is 17.2. The second-order valence-electron chi connectivity index (χ2n) is 15.1. The fraction of sp³-hybridized carbons (Fsp3) is 0.475. The Balaban J connectivity index is 1.28. The number of hydrogen-bond acceptors (Lipinski definition) is 8. The molecule has 2 aromatic heterocycles. The van der Waals surface area contributed by atoms with Crippen molar-refractivity contribution in [1.82, 2.24) is 35.5 Å². The lowest BCUT2D eigenvalue weighted by Gasteiger charge is -2.29. The van der Waals surface area contributed by atoms with Crippen molar-refractivity contribution in [2.24, 2.45) is 17.6 Å². The fourth-order valence-electron chi connectivity index (χ4n) is 7.48. The topological polar surface area (TPSA) is 180 Å². The molecular formula is C40H50F2N8O5. The Morgan fingerprint density at radius 2 is 1.64 bits per heavy atom. The molecule has 0 saturated carbocycles. The van der Waals surface area contributed by atoms with Gasteiger partial charge in [-0.15, -0.1) is 0 Å². The lowest BCUT2D eigenvalue weighted by atomic mass is 9.89. The van der Waals surface area contributed by atoms with Gasteiger partial charge in [0.1, 0.15) is 17.7 Å². The van der Waals surface area contributed by atoms with Crippen molar-refractivity contribution in [1.29, 1.82) is 0 Å². The van der Waals surface area contributed by atoms with Gasteiger partial charge in [0.15, 0.2) is 0 Å². The van der Waals surface area contributed by atoms with Crippen LogP contribution in [0, 0.1) is 11.8 Å². The van der Waals surface area contributed by atoms with Crippen molar-refractivity contribution in [2.75, 3.05) is 27.3 Å². The number of imidazole rings is 2. The number of alkyl halides is 2. The Morgan fingerprint density at radius 1 is 0.927 bits per heavy atom. The molecule has 6 rings (SSSR count). The molecule has 0 spiro atoms. The van der Waals surface area contributed by atoms with E-state index in [1.807, 2.05) is 42.5 Å². The molecule has 4 atom stereocenters. The lowest BCUT2D eigenvalue weighted by molar-refractivity contribution is -0.136. The van der Waals surface area contributed by atoms with Gasteiger partial charge in [-0.2, -0.15) is 0 Å². The summed E-state index contributed by atoms with van der Waals surface area (Å²) in [6.45, 7) is 7.35. The summed E-state index contributed by atoms with van der Waals surface area (Å²) < 4.78 is 39.3. The van der Waals surface area contributed by atoms with Gasteiger partial charge in [0.2, 0.25) is 5.91 Å². The van der Waals surface area contributed by atoms with Crippen molar-refractivity contribution < 1.29 is 32.6 Å². The molecule has 5 aromatic rings. The first kappa shape index (κ1) is 39.4. The molecular weight excluding hydrogens is 710 g/mol. The average molecular weight is 761 g/mol. The number of fused-ring (bicyclic) bond motifs is 4. The van der Waals surface area contributed by atoms with E-state index in [9.17, 15) is 23.2 Å². The van der Waals surface area contributed by atoms with Gasteiger partial charge in [-0.25, -0.2) is 28.3 Å². The number of ether oxygens (including phenoxy) is 2. The molecule has 13 nitrogen and oxygen atoms in total. The van der Waals surface area contributed by atoms with Crippen LogP contribution >= 0.6 is 0 Å². The third-order valence-corrected chi connectivity index (χ3v) is 10.6. The highest BCUT2D eigenvalue weighted by atomic mass is 19.3. The number of aromatic nitrogens is 4. The predicted octanol–water partition coefficient (Wildman–Crippen LogP) is 7.14. The molecule has 0 radical (unpaired) electrons. The van der Waals surface area contributed by atoms with E-state index in [1.54, 1.807) is 13.8 Å². The quantitative estimate of drug-likeness (QED) is 0.0840. The van der Waals surface area contributed by atoms with E-state index in [0.717, 1.165) is 56.5 Å². The number of likely N-dealkylation sites (tertiary alicyclic amines) is 1. The number of aromatic amines is 2. The summed E-state index contributed by atoms with van der Waals surface area (Å²) in [4.78, 5) is 55.2. The molecule has 3 aromatic carbocycles. The minimum atomic E-state index is -3.13. The Bertz CT molecular complexity index is 2180. The van der Waals surface area contributed by atoms with E-state index < -0.39 is 49.1 Å². The highest BCUT2D eigenvalue weighted by molar-refractivity contribution is 6.05. The van der Waals surface area contributed by atoms with Crippen LogP contribution in [0.3, 0.4) is 0 Å². The number of alkyl carbamates (subject to hydrolysis) is 2. The van der Waals surface area contributed by atoms with E-state index >= 15 is 0 Å². The molecule has 294 valence electrons. The first-order chi connectivity index (χ1) is 26.2. The molecule has 3 heterocycles. The number of halogens is 2. The SMILES string of the molecule is COC(=O)N[C@H](C(=O)N1CC(F)(F)C[C@H]1c1nc2ccc(-c3ccc4c(ccc5[nH]c([C@H](CCCN)C[C@@H](NC(=O)OC)C(C)C)nc54)c3)cc2[nH]1)C(C)C. The zero-order chi connectivity index (χ0) is 39.6. The summed E-state index contributed by atoms with van der Waals surface area (Å²) in [6, 6.07) is 13.7. The number of nitrogens with one attached hydrogen (secondary N) is 4. The summed E-state index contributed by atoms with van der Waals surface area (Å²) in [5.74, 6) is -2.82. The van der Waals surface area contributed by atoms with Gasteiger partial charge in [-0.1, -0.05) is 52.0 Å². The van der Waals surface area contributed by atoms with Crippen LogP contribution in [0.2, 0.25) is 0 Å². The molecule has 1 aliphatic rings. The number of amides is 3. The zero-order valence-electron chi connectivity index (χ0n) is 32.0. The molecule has 1 aliphatic heterocycles. The number of carbonyl (C=O) groups is 3. The molecule has 0 bridgehead atoms. The molecule has 6 N–H and O–H groups in total. The van der Waals surface area contributed by atoms with Crippen molar-refractivity contribution in [2.45, 2.75) is 83.3 Å². The lowest BCUT2D eigenvalue weighted by Crippen LogP contribution is -2.51. The molecule has 15 heteroatoms. The van der Waals surface area contributed by atoms with Crippen molar-refractivity contribution >= 4 is 50.9 Å². The monoisotopic (exact) mass is 760 g/mol. The molecule has 55 heavy (non-hydrogen) atoms. The van der Waals surface area contributed by atoms with E-state index in [1.165, 1.54) is 14.2 Å². The number of methoxy groups -OCH3 is 2. The second-order valence-corrected chi connectivity index (χ2v) is 15.1. The number of rotatable bonds is 13. The highest BCUT2D eigenvalue weighted by Gasteiger charge is 2.50. The van der Waals surface area contributed by atoms with E-state index in [2.05, 4.69) is 50.2 Å². The first-order valence-electron chi connectivity index (χ1n) is 18.7. The first-order valence-corrected chi connectivity index (χ1v) is 18.7. The van der Waals surface area contributed by atoms with Gasteiger partial charge >= 0.3 is 12.2 Å².